The Morgan fingerprint density at radius 1 is 1.19 bits per heavy atom. The van der Waals surface area contributed by atoms with Crippen molar-refractivity contribution in [2.24, 2.45) is 0 Å². The lowest BCUT2D eigenvalue weighted by atomic mass is 10.1. The molecule has 0 aromatic heterocycles. The summed E-state index contributed by atoms with van der Waals surface area (Å²) >= 11 is 0. The van der Waals surface area contributed by atoms with Gasteiger partial charge < -0.3 is 10.1 Å². The van der Waals surface area contributed by atoms with Gasteiger partial charge in [-0.05, 0) is 67.3 Å². The molecule has 0 amide bonds. The Hall–Kier alpha value is -0.760. The van der Waals surface area contributed by atoms with Crippen LogP contribution in [0.1, 0.15) is 24.0 Å². The molecule has 0 atom stereocenters. The molecule has 0 bridgehead atoms. The van der Waals surface area contributed by atoms with E-state index in [1.165, 1.54) is 11.1 Å². The van der Waals surface area contributed by atoms with Gasteiger partial charge in [0.15, 0.2) is 0 Å². The summed E-state index contributed by atoms with van der Waals surface area (Å²) in [6.07, 6.45) is 1.90. The van der Waals surface area contributed by atoms with Gasteiger partial charge in [-0.2, -0.15) is 8.42 Å². The second-order valence-corrected chi connectivity index (χ2v) is 8.27. The fourth-order valence-corrected chi connectivity index (χ4v) is 3.01. The molecule has 0 spiro atoms. The minimum absolute atomic E-state index is 0.345. The van der Waals surface area contributed by atoms with Crippen molar-refractivity contribution >= 4 is 19.9 Å². The zero-order valence-electron chi connectivity index (χ0n) is 12.5. The van der Waals surface area contributed by atoms with Gasteiger partial charge in [0.25, 0.3) is 0 Å². The minimum Gasteiger partial charge on any atom is -0.494 e. The van der Waals surface area contributed by atoms with Crippen LogP contribution < -0.4 is 10.1 Å². The van der Waals surface area contributed by atoms with Crippen LogP contribution in [0.15, 0.2) is 18.2 Å². The van der Waals surface area contributed by atoms with E-state index in [0.717, 1.165) is 25.1 Å². The number of hydrogen-bond donors (Lipinski definition) is 2. The first kappa shape index (κ1) is 18.3. The molecule has 0 aliphatic heterocycles. The lowest BCUT2D eigenvalue weighted by Crippen LogP contribution is -2.19. The average molecular weight is 333 g/mol. The Balaban J connectivity index is 2.01. The summed E-state index contributed by atoms with van der Waals surface area (Å²) < 4.78 is 35.1. The molecule has 0 aliphatic carbocycles. The van der Waals surface area contributed by atoms with Crippen LogP contribution in [0.3, 0.4) is 0 Å². The third-order valence-corrected chi connectivity index (χ3v) is 5.07. The number of ether oxygens (including phenoxy) is 1. The molecule has 0 fully saturated rings. The number of rotatable bonds is 10. The van der Waals surface area contributed by atoms with Gasteiger partial charge in [-0.25, -0.2) is 0 Å². The molecule has 0 radical (unpaired) electrons. The van der Waals surface area contributed by atoms with Crippen molar-refractivity contribution in [3.8, 4) is 5.75 Å². The second kappa shape index (κ2) is 9.30. The molecule has 0 saturated carbocycles. The van der Waals surface area contributed by atoms with Crippen LogP contribution in [-0.4, -0.2) is 38.4 Å². The molecule has 2 N–H and O–H groups in total. The summed E-state index contributed by atoms with van der Waals surface area (Å²) in [6, 6.07) is 6.08. The highest BCUT2D eigenvalue weighted by Crippen LogP contribution is 2.16. The highest BCUT2D eigenvalue weighted by molar-refractivity contribution is 8.69. The molecule has 1 aromatic rings. The van der Waals surface area contributed by atoms with E-state index < -0.39 is 9.15 Å². The summed E-state index contributed by atoms with van der Waals surface area (Å²) in [4.78, 5) is 0. The monoisotopic (exact) mass is 333 g/mol. The first-order chi connectivity index (χ1) is 9.88. The van der Waals surface area contributed by atoms with E-state index in [4.69, 9.17) is 9.29 Å². The number of benzene rings is 1. The Labute approximate surface area is 130 Å². The zero-order chi connectivity index (χ0) is 15.7. The standard InChI is InChI=1S/C14H23NO4S2/c1-12-5-6-14(11-13(12)2)19-9-4-3-7-15-8-10-20-21(16,17)18/h5-6,11,15H,3-4,7-10H2,1-2H3,(H,16,17,18). The predicted octanol–water partition coefficient (Wildman–Crippen LogP) is 2.59. The number of unbranched alkanes of at least 4 members (excludes halogenated alkanes) is 1. The van der Waals surface area contributed by atoms with Crippen LogP contribution in [0.4, 0.5) is 0 Å². The smallest absolute Gasteiger partial charge is 0.319 e. The molecular formula is C14H23NO4S2. The van der Waals surface area contributed by atoms with Crippen molar-refractivity contribution in [3.63, 3.8) is 0 Å². The van der Waals surface area contributed by atoms with Gasteiger partial charge in [-0.1, -0.05) is 6.07 Å². The maximum absolute atomic E-state index is 10.5. The predicted molar refractivity (Wildman–Crippen MR) is 87.5 cm³/mol. The molecule has 0 aliphatic rings. The third-order valence-electron chi connectivity index (χ3n) is 3.01. The van der Waals surface area contributed by atoms with Gasteiger partial charge in [-0.15, -0.1) is 0 Å². The van der Waals surface area contributed by atoms with Gasteiger partial charge in [0.05, 0.1) is 6.61 Å². The molecule has 1 aromatic carbocycles. The summed E-state index contributed by atoms with van der Waals surface area (Å²) in [5.74, 6) is 1.24. The second-order valence-electron chi connectivity index (χ2n) is 4.80. The SMILES string of the molecule is Cc1ccc(OCCCCNCCSS(=O)(=O)O)cc1C. The van der Waals surface area contributed by atoms with Gasteiger partial charge in [0.2, 0.25) is 0 Å². The van der Waals surface area contributed by atoms with Crippen LogP contribution in [-0.2, 0) is 9.15 Å². The Morgan fingerprint density at radius 3 is 2.62 bits per heavy atom. The molecule has 0 saturated heterocycles. The van der Waals surface area contributed by atoms with Gasteiger partial charge in [0.1, 0.15) is 5.75 Å². The highest BCUT2D eigenvalue weighted by atomic mass is 33.1. The number of nitrogens with one attached hydrogen (secondary N) is 1. The van der Waals surface area contributed by atoms with E-state index in [2.05, 4.69) is 25.2 Å². The van der Waals surface area contributed by atoms with Crippen LogP contribution in [0, 0.1) is 13.8 Å². The molecule has 120 valence electrons. The van der Waals surface area contributed by atoms with E-state index in [1.807, 2.05) is 12.1 Å². The zero-order valence-corrected chi connectivity index (χ0v) is 14.1. The summed E-state index contributed by atoms with van der Waals surface area (Å²) in [7, 11) is -3.36. The van der Waals surface area contributed by atoms with Gasteiger partial charge in [0, 0.05) is 12.3 Å². The highest BCUT2D eigenvalue weighted by Gasteiger charge is 2.03. The maximum Gasteiger partial charge on any atom is 0.319 e. The largest absolute Gasteiger partial charge is 0.494 e. The van der Waals surface area contributed by atoms with Crippen molar-refractivity contribution in [2.75, 3.05) is 25.4 Å². The first-order valence-corrected chi connectivity index (χ1v) is 9.85. The topological polar surface area (TPSA) is 75.6 Å². The van der Waals surface area contributed by atoms with E-state index in [-0.39, 0.29) is 0 Å². The van der Waals surface area contributed by atoms with E-state index in [1.54, 1.807) is 0 Å². The van der Waals surface area contributed by atoms with Crippen molar-refractivity contribution < 1.29 is 17.7 Å². The minimum atomic E-state index is -3.91. The lowest BCUT2D eigenvalue weighted by Gasteiger charge is -2.08. The lowest BCUT2D eigenvalue weighted by molar-refractivity contribution is 0.306. The molecule has 1 rings (SSSR count). The number of hydrogen-bond acceptors (Lipinski definition) is 5. The van der Waals surface area contributed by atoms with E-state index in [0.29, 0.717) is 29.7 Å². The van der Waals surface area contributed by atoms with E-state index >= 15 is 0 Å². The quantitative estimate of drug-likeness (QED) is 0.389. The number of aryl methyl sites for hydroxylation is 2. The van der Waals surface area contributed by atoms with Gasteiger partial charge >= 0.3 is 9.15 Å². The van der Waals surface area contributed by atoms with E-state index in [9.17, 15) is 8.42 Å². The van der Waals surface area contributed by atoms with Crippen LogP contribution in [0.5, 0.6) is 5.75 Å². The van der Waals surface area contributed by atoms with Gasteiger partial charge in [-0.3, -0.25) is 4.55 Å². The van der Waals surface area contributed by atoms with Crippen molar-refractivity contribution in [3.05, 3.63) is 29.3 Å². The molecular weight excluding hydrogens is 310 g/mol. The van der Waals surface area contributed by atoms with Crippen LogP contribution >= 0.6 is 10.8 Å². The summed E-state index contributed by atoms with van der Waals surface area (Å²) in [6.45, 7) is 6.18. The van der Waals surface area contributed by atoms with Crippen LogP contribution in [0.25, 0.3) is 0 Å². The first-order valence-electron chi connectivity index (χ1n) is 6.91. The normalized spacial score (nSPS) is 11.6. The fraction of sp³-hybridized carbons (Fsp3) is 0.571. The molecule has 21 heavy (non-hydrogen) atoms. The van der Waals surface area contributed by atoms with Crippen molar-refractivity contribution in [1.29, 1.82) is 0 Å². The molecule has 7 heteroatoms. The summed E-state index contributed by atoms with van der Waals surface area (Å²) in [5, 5.41) is 3.12. The summed E-state index contributed by atoms with van der Waals surface area (Å²) in [5.41, 5.74) is 2.49. The van der Waals surface area contributed by atoms with Crippen molar-refractivity contribution in [2.45, 2.75) is 26.7 Å². The molecule has 0 unspecified atom stereocenters. The average Bonchev–Trinajstić information content (AvgIpc) is 2.39. The molecule has 5 nitrogen and oxygen atoms in total. The van der Waals surface area contributed by atoms with Crippen molar-refractivity contribution in [1.82, 2.24) is 5.32 Å². The Kier molecular flexibility index (Phi) is 8.10. The maximum atomic E-state index is 10.5. The molecule has 0 heterocycles. The Bertz CT molecular complexity index is 532. The van der Waals surface area contributed by atoms with Crippen LogP contribution in [0.2, 0.25) is 0 Å². The fourth-order valence-electron chi connectivity index (χ4n) is 1.69. The Morgan fingerprint density at radius 2 is 1.95 bits per heavy atom. The third kappa shape index (κ3) is 8.98.